The van der Waals surface area contributed by atoms with Gasteiger partial charge in [-0.05, 0) is 25.5 Å². The molecule has 0 spiro atoms. The number of furan rings is 1. The zero-order chi connectivity index (χ0) is 13.8. The van der Waals surface area contributed by atoms with Crippen LogP contribution >= 0.6 is 11.6 Å². The third-order valence-corrected chi connectivity index (χ3v) is 3.30. The molecule has 19 heavy (non-hydrogen) atoms. The fourth-order valence-electron chi connectivity index (χ4n) is 2.13. The lowest BCUT2D eigenvalue weighted by Crippen LogP contribution is -2.15. The van der Waals surface area contributed by atoms with Gasteiger partial charge in [-0.2, -0.15) is 0 Å². The van der Waals surface area contributed by atoms with Crippen molar-refractivity contribution in [3.63, 3.8) is 0 Å². The molecule has 2 aromatic rings. The van der Waals surface area contributed by atoms with E-state index in [1.165, 1.54) is 0 Å². The Morgan fingerprint density at radius 1 is 1.42 bits per heavy atom. The summed E-state index contributed by atoms with van der Waals surface area (Å²) in [7, 11) is 0. The van der Waals surface area contributed by atoms with E-state index in [2.05, 4.69) is 0 Å². The minimum absolute atomic E-state index is 0.237. The molecule has 1 unspecified atom stereocenters. The van der Waals surface area contributed by atoms with Crippen molar-refractivity contribution in [1.82, 2.24) is 0 Å². The number of hydrogen-bond acceptors (Lipinski definition) is 3. The predicted octanol–water partition coefficient (Wildman–Crippen LogP) is 4.53. The lowest BCUT2D eigenvalue weighted by atomic mass is 10.0. The van der Waals surface area contributed by atoms with Crippen molar-refractivity contribution < 1.29 is 13.9 Å². The number of halogens is 1. The van der Waals surface area contributed by atoms with Crippen molar-refractivity contribution in [1.29, 1.82) is 0 Å². The largest absolute Gasteiger partial charge is 0.465 e. The summed E-state index contributed by atoms with van der Waals surface area (Å²) in [5.74, 6) is 0.0383. The summed E-state index contributed by atoms with van der Waals surface area (Å²) in [5.41, 5.74) is 0.629. The number of fused-ring (bicyclic) bond motifs is 1. The van der Waals surface area contributed by atoms with Gasteiger partial charge >= 0.3 is 5.97 Å². The molecule has 0 aliphatic carbocycles. The maximum Gasteiger partial charge on any atom is 0.316 e. The van der Waals surface area contributed by atoms with Crippen LogP contribution in [0.3, 0.4) is 0 Å². The molecule has 102 valence electrons. The molecule has 1 atom stereocenters. The molecule has 4 heteroatoms. The number of ether oxygens (including phenoxy) is 1. The van der Waals surface area contributed by atoms with Crippen molar-refractivity contribution in [3.05, 3.63) is 35.0 Å². The predicted molar refractivity (Wildman–Crippen MR) is 75.5 cm³/mol. The van der Waals surface area contributed by atoms with Gasteiger partial charge in [-0.15, -0.1) is 0 Å². The van der Waals surface area contributed by atoms with E-state index >= 15 is 0 Å². The average molecular weight is 281 g/mol. The first-order valence-electron chi connectivity index (χ1n) is 6.52. The number of benzene rings is 1. The van der Waals surface area contributed by atoms with Gasteiger partial charge in [0.1, 0.15) is 11.7 Å². The highest BCUT2D eigenvalue weighted by Gasteiger charge is 2.25. The summed E-state index contributed by atoms with van der Waals surface area (Å²) < 4.78 is 10.9. The minimum atomic E-state index is -0.353. The molecule has 1 heterocycles. The molecule has 1 aromatic heterocycles. The normalized spacial score (nSPS) is 12.6. The molecule has 0 amide bonds. The molecule has 0 saturated carbocycles. The zero-order valence-electron chi connectivity index (χ0n) is 11.1. The highest BCUT2D eigenvalue weighted by Crippen LogP contribution is 2.32. The van der Waals surface area contributed by atoms with Crippen LogP contribution in [0, 0.1) is 0 Å². The number of carbonyl (C=O) groups is 1. The fraction of sp³-hybridized carbons (Fsp3) is 0.400. The van der Waals surface area contributed by atoms with Gasteiger partial charge in [0.25, 0.3) is 0 Å². The second-order valence-corrected chi connectivity index (χ2v) is 4.81. The number of esters is 1. The van der Waals surface area contributed by atoms with Gasteiger partial charge in [-0.3, -0.25) is 4.79 Å². The van der Waals surface area contributed by atoms with Crippen LogP contribution in [0.2, 0.25) is 5.02 Å². The molecule has 0 aliphatic heterocycles. The molecule has 2 rings (SSSR count). The minimum Gasteiger partial charge on any atom is -0.465 e. The van der Waals surface area contributed by atoms with Gasteiger partial charge in [0.15, 0.2) is 5.58 Å². The summed E-state index contributed by atoms with van der Waals surface area (Å²) in [5, 5.41) is 1.47. The van der Waals surface area contributed by atoms with Gasteiger partial charge in [-0.25, -0.2) is 0 Å². The Kier molecular flexibility index (Phi) is 4.48. The second kappa shape index (κ2) is 6.11. The lowest BCUT2D eigenvalue weighted by molar-refractivity contribution is -0.145. The Balaban J connectivity index is 2.38. The van der Waals surface area contributed by atoms with E-state index in [1.54, 1.807) is 13.0 Å². The molecule has 0 fully saturated rings. The number of carbonyl (C=O) groups excluding carboxylic acids is 1. The van der Waals surface area contributed by atoms with E-state index in [0.29, 0.717) is 29.4 Å². The number of rotatable bonds is 5. The third kappa shape index (κ3) is 2.92. The van der Waals surface area contributed by atoms with Crippen LogP contribution < -0.4 is 0 Å². The van der Waals surface area contributed by atoms with Crippen LogP contribution in [0.1, 0.15) is 38.4 Å². The highest BCUT2D eigenvalue weighted by molar-refractivity contribution is 6.34. The third-order valence-electron chi connectivity index (χ3n) is 3.01. The molecular formula is C15H17ClO3. The van der Waals surface area contributed by atoms with E-state index in [4.69, 9.17) is 20.8 Å². The first kappa shape index (κ1) is 13.9. The first-order valence-corrected chi connectivity index (χ1v) is 6.89. The summed E-state index contributed by atoms with van der Waals surface area (Å²) in [4.78, 5) is 12.0. The summed E-state index contributed by atoms with van der Waals surface area (Å²) >= 11 is 6.08. The van der Waals surface area contributed by atoms with Gasteiger partial charge in [0.2, 0.25) is 0 Å². The monoisotopic (exact) mass is 280 g/mol. The van der Waals surface area contributed by atoms with Crippen molar-refractivity contribution in [2.75, 3.05) is 6.61 Å². The van der Waals surface area contributed by atoms with Crippen molar-refractivity contribution in [2.24, 2.45) is 0 Å². The van der Waals surface area contributed by atoms with Gasteiger partial charge < -0.3 is 9.15 Å². The maximum absolute atomic E-state index is 12.0. The number of hydrogen-bond donors (Lipinski definition) is 0. The Hall–Kier alpha value is -1.48. The second-order valence-electron chi connectivity index (χ2n) is 4.40. The van der Waals surface area contributed by atoms with Crippen LogP contribution in [0.5, 0.6) is 0 Å². The van der Waals surface area contributed by atoms with E-state index in [1.807, 2.05) is 25.1 Å². The topological polar surface area (TPSA) is 39.4 Å². The van der Waals surface area contributed by atoms with Crippen LogP contribution in [-0.2, 0) is 9.53 Å². The van der Waals surface area contributed by atoms with E-state index in [0.717, 1.165) is 11.8 Å². The first-order chi connectivity index (χ1) is 9.17. The van der Waals surface area contributed by atoms with Crippen molar-refractivity contribution in [3.8, 4) is 0 Å². The van der Waals surface area contributed by atoms with Crippen molar-refractivity contribution in [2.45, 2.75) is 32.6 Å². The van der Waals surface area contributed by atoms with Gasteiger partial charge in [0, 0.05) is 5.39 Å². The van der Waals surface area contributed by atoms with E-state index in [9.17, 15) is 4.79 Å². The zero-order valence-corrected chi connectivity index (χ0v) is 11.9. The maximum atomic E-state index is 12.0. The standard InChI is InChI=1S/C15H17ClO3/c1-3-6-11(15(17)18-4-2)13-9-10-7-5-8-12(16)14(10)19-13/h5,7-9,11H,3-4,6H2,1-2H3. The quantitative estimate of drug-likeness (QED) is 0.755. The van der Waals surface area contributed by atoms with Gasteiger partial charge in [0.05, 0.1) is 11.6 Å². The average Bonchev–Trinajstić information content (AvgIpc) is 2.81. The van der Waals surface area contributed by atoms with Crippen LogP contribution in [0.25, 0.3) is 11.0 Å². The van der Waals surface area contributed by atoms with E-state index < -0.39 is 0 Å². The van der Waals surface area contributed by atoms with Crippen molar-refractivity contribution >= 4 is 28.5 Å². The molecule has 0 N–H and O–H groups in total. The molecule has 0 saturated heterocycles. The van der Waals surface area contributed by atoms with Gasteiger partial charge in [-0.1, -0.05) is 37.1 Å². The molecule has 0 radical (unpaired) electrons. The molecule has 1 aromatic carbocycles. The van der Waals surface area contributed by atoms with Crippen LogP contribution in [0.4, 0.5) is 0 Å². The smallest absolute Gasteiger partial charge is 0.316 e. The molecule has 3 nitrogen and oxygen atoms in total. The number of para-hydroxylation sites is 1. The Morgan fingerprint density at radius 2 is 2.21 bits per heavy atom. The summed E-state index contributed by atoms with van der Waals surface area (Å²) in [6.07, 6.45) is 1.59. The lowest BCUT2D eigenvalue weighted by Gasteiger charge is -2.11. The highest BCUT2D eigenvalue weighted by atomic mass is 35.5. The SMILES string of the molecule is CCCC(C(=O)OCC)c1cc2cccc(Cl)c2o1. The van der Waals surface area contributed by atoms with E-state index in [-0.39, 0.29) is 11.9 Å². The molecular weight excluding hydrogens is 264 g/mol. The Bertz CT molecular complexity index is 574. The van der Waals surface area contributed by atoms with Crippen LogP contribution in [-0.4, -0.2) is 12.6 Å². The Morgan fingerprint density at radius 3 is 2.84 bits per heavy atom. The fourth-order valence-corrected chi connectivity index (χ4v) is 2.35. The molecule has 0 aliphatic rings. The summed E-state index contributed by atoms with van der Waals surface area (Å²) in [6.45, 7) is 4.21. The summed E-state index contributed by atoms with van der Waals surface area (Å²) in [6, 6.07) is 7.43. The molecule has 0 bridgehead atoms. The van der Waals surface area contributed by atoms with Crippen LogP contribution in [0.15, 0.2) is 28.7 Å². The Labute approximate surface area is 117 Å².